The van der Waals surface area contributed by atoms with Gasteiger partial charge < -0.3 is 5.32 Å². The molecule has 0 spiro atoms. The Labute approximate surface area is 149 Å². The number of amides is 1. The maximum absolute atomic E-state index is 13.1. The quantitative estimate of drug-likeness (QED) is 0.825. The fourth-order valence-electron chi connectivity index (χ4n) is 2.25. The number of sulfonamides is 1. The number of benzene rings is 2. The summed E-state index contributed by atoms with van der Waals surface area (Å²) in [5.41, 5.74) is 1.43. The maximum Gasteiger partial charge on any atom is 0.264 e. The van der Waals surface area contributed by atoms with E-state index in [2.05, 4.69) is 5.32 Å². The molecule has 0 heterocycles. The molecule has 25 heavy (non-hydrogen) atoms. The lowest BCUT2D eigenvalue weighted by Gasteiger charge is -2.24. The van der Waals surface area contributed by atoms with Gasteiger partial charge in [0, 0.05) is 6.54 Å². The summed E-state index contributed by atoms with van der Waals surface area (Å²) in [4.78, 5) is 12.4. The van der Waals surface area contributed by atoms with Crippen LogP contribution >= 0.6 is 0 Å². The van der Waals surface area contributed by atoms with Gasteiger partial charge in [-0.3, -0.25) is 9.10 Å². The summed E-state index contributed by atoms with van der Waals surface area (Å²) in [7, 11) is -3.83. The Morgan fingerprint density at radius 2 is 1.64 bits per heavy atom. The van der Waals surface area contributed by atoms with Crippen molar-refractivity contribution >= 4 is 21.6 Å². The third-order valence-corrected chi connectivity index (χ3v) is 5.44. The first-order valence-electron chi connectivity index (χ1n) is 8.22. The topological polar surface area (TPSA) is 66.5 Å². The molecule has 6 heteroatoms. The van der Waals surface area contributed by atoms with E-state index in [-0.39, 0.29) is 17.3 Å². The fourth-order valence-corrected chi connectivity index (χ4v) is 3.67. The zero-order valence-electron chi connectivity index (χ0n) is 14.8. The SMILES string of the molecule is Cc1ccc(S(=O)(=O)N(CC(=O)NCC(C)C)c2ccccc2)cc1. The molecule has 0 atom stereocenters. The summed E-state index contributed by atoms with van der Waals surface area (Å²) in [6, 6.07) is 15.3. The maximum atomic E-state index is 13.1. The minimum atomic E-state index is -3.83. The Balaban J connectivity index is 2.34. The number of aryl methyl sites for hydroxylation is 1. The lowest BCUT2D eigenvalue weighted by atomic mass is 10.2. The van der Waals surface area contributed by atoms with Crippen molar-refractivity contribution < 1.29 is 13.2 Å². The van der Waals surface area contributed by atoms with Crippen LogP contribution in [0.3, 0.4) is 0 Å². The first kappa shape index (κ1) is 19.0. The number of carbonyl (C=O) groups is 1. The molecule has 0 aliphatic heterocycles. The number of carbonyl (C=O) groups excluding carboxylic acids is 1. The van der Waals surface area contributed by atoms with E-state index in [1.807, 2.05) is 20.8 Å². The molecule has 134 valence electrons. The van der Waals surface area contributed by atoms with E-state index < -0.39 is 10.0 Å². The van der Waals surface area contributed by atoms with Gasteiger partial charge in [0.05, 0.1) is 10.6 Å². The molecule has 0 saturated heterocycles. The molecule has 1 amide bonds. The van der Waals surface area contributed by atoms with Crippen LogP contribution in [0.1, 0.15) is 19.4 Å². The minimum absolute atomic E-state index is 0.165. The van der Waals surface area contributed by atoms with Crippen LogP contribution in [0.4, 0.5) is 5.69 Å². The second kappa shape index (κ2) is 8.16. The third kappa shape index (κ3) is 5.06. The predicted molar refractivity (Wildman–Crippen MR) is 100 cm³/mol. The van der Waals surface area contributed by atoms with Crippen LogP contribution in [0.15, 0.2) is 59.5 Å². The monoisotopic (exact) mass is 360 g/mol. The number of nitrogens with zero attached hydrogens (tertiary/aromatic N) is 1. The average Bonchev–Trinajstić information content (AvgIpc) is 2.59. The van der Waals surface area contributed by atoms with Crippen molar-refractivity contribution in [1.82, 2.24) is 5.32 Å². The second-order valence-corrected chi connectivity index (χ2v) is 8.22. The molecule has 0 saturated carbocycles. The Kier molecular flexibility index (Phi) is 6.20. The van der Waals surface area contributed by atoms with Gasteiger partial charge in [-0.05, 0) is 37.1 Å². The second-order valence-electron chi connectivity index (χ2n) is 6.36. The minimum Gasteiger partial charge on any atom is -0.354 e. The number of nitrogens with one attached hydrogen (secondary N) is 1. The highest BCUT2D eigenvalue weighted by atomic mass is 32.2. The van der Waals surface area contributed by atoms with E-state index in [9.17, 15) is 13.2 Å². The van der Waals surface area contributed by atoms with Crippen LogP contribution in [-0.4, -0.2) is 27.4 Å². The zero-order valence-corrected chi connectivity index (χ0v) is 15.6. The van der Waals surface area contributed by atoms with Crippen molar-refractivity contribution in [3.05, 3.63) is 60.2 Å². The lowest BCUT2D eigenvalue weighted by molar-refractivity contribution is -0.119. The molecule has 0 bridgehead atoms. The summed E-state index contributed by atoms with van der Waals surface area (Å²) in [5, 5.41) is 2.77. The lowest BCUT2D eigenvalue weighted by Crippen LogP contribution is -2.41. The van der Waals surface area contributed by atoms with Crippen molar-refractivity contribution in [3.63, 3.8) is 0 Å². The highest BCUT2D eigenvalue weighted by Crippen LogP contribution is 2.23. The number of anilines is 1. The van der Waals surface area contributed by atoms with Crippen molar-refractivity contribution in [3.8, 4) is 0 Å². The zero-order chi connectivity index (χ0) is 18.4. The summed E-state index contributed by atoms with van der Waals surface area (Å²) >= 11 is 0. The van der Waals surface area contributed by atoms with Gasteiger partial charge in [-0.15, -0.1) is 0 Å². The van der Waals surface area contributed by atoms with Crippen molar-refractivity contribution in [2.75, 3.05) is 17.4 Å². The van der Waals surface area contributed by atoms with Gasteiger partial charge in [0.15, 0.2) is 0 Å². The van der Waals surface area contributed by atoms with Crippen molar-refractivity contribution in [1.29, 1.82) is 0 Å². The van der Waals surface area contributed by atoms with Crippen molar-refractivity contribution in [2.24, 2.45) is 5.92 Å². The van der Waals surface area contributed by atoms with Gasteiger partial charge in [0.2, 0.25) is 5.91 Å². The van der Waals surface area contributed by atoms with E-state index in [1.54, 1.807) is 54.6 Å². The fraction of sp³-hybridized carbons (Fsp3) is 0.316. The largest absolute Gasteiger partial charge is 0.354 e. The highest BCUT2D eigenvalue weighted by Gasteiger charge is 2.26. The van der Waals surface area contributed by atoms with Crippen molar-refractivity contribution in [2.45, 2.75) is 25.7 Å². The summed E-state index contributed by atoms with van der Waals surface area (Å²) < 4.78 is 27.3. The van der Waals surface area contributed by atoms with Crippen LogP contribution in [0.25, 0.3) is 0 Å². The van der Waals surface area contributed by atoms with Gasteiger partial charge in [-0.25, -0.2) is 8.42 Å². The van der Waals surface area contributed by atoms with Gasteiger partial charge in [0.1, 0.15) is 6.54 Å². The van der Waals surface area contributed by atoms with Crippen LogP contribution in [-0.2, 0) is 14.8 Å². The van der Waals surface area contributed by atoms with E-state index in [1.165, 1.54) is 0 Å². The molecule has 0 unspecified atom stereocenters. The Bertz CT molecular complexity index is 800. The first-order valence-corrected chi connectivity index (χ1v) is 9.66. The van der Waals surface area contributed by atoms with Crippen LogP contribution in [0, 0.1) is 12.8 Å². The predicted octanol–water partition coefficient (Wildman–Crippen LogP) is 2.96. The van der Waals surface area contributed by atoms with Gasteiger partial charge >= 0.3 is 0 Å². The molecule has 2 aromatic carbocycles. The van der Waals surface area contributed by atoms with E-state index in [0.29, 0.717) is 18.2 Å². The highest BCUT2D eigenvalue weighted by molar-refractivity contribution is 7.92. The third-order valence-electron chi connectivity index (χ3n) is 3.65. The molecule has 0 radical (unpaired) electrons. The van der Waals surface area contributed by atoms with Gasteiger partial charge in [-0.1, -0.05) is 49.7 Å². The molecular weight excluding hydrogens is 336 g/mol. The molecular formula is C19H24N2O3S. The van der Waals surface area contributed by atoms with E-state index in [4.69, 9.17) is 0 Å². The molecule has 2 aromatic rings. The average molecular weight is 360 g/mol. The molecule has 0 fully saturated rings. The Morgan fingerprint density at radius 3 is 2.20 bits per heavy atom. The number of para-hydroxylation sites is 1. The molecule has 0 aliphatic carbocycles. The molecule has 2 rings (SSSR count). The normalized spacial score (nSPS) is 11.4. The Morgan fingerprint density at radius 1 is 1.04 bits per heavy atom. The van der Waals surface area contributed by atoms with Crippen LogP contribution < -0.4 is 9.62 Å². The Hall–Kier alpha value is -2.34. The number of hydrogen-bond donors (Lipinski definition) is 1. The first-order chi connectivity index (χ1) is 11.8. The summed E-state index contributed by atoms with van der Waals surface area (Å²) in [6.45, 7) is 6.11. The van der Waals surface area contributed by atoms with Crippen LogP contribution in [0.2, 0.25) is 0 Å². The molecule has 0 aromatic heterocycles. The molecule has 5 nitrogen and oxygen atoms in total. The molecule has 0 aliphatic rings. The number of rotatable bonds is 7. The number of hydrogen-bond acceptors (Lipinski definition) is 3. The smallest absolute Gasteiger partial charge is 0.264 e. The van der Waals surface area contributed by atoms with E-state index >= 15 is 0 Å². The van der Waals surface area contributed by atoms with E-state index in [0.717, 1.165) is 9.87 Å². The summed E-state index contributed by atoms with van der Waals surface area (Å²) in [6.07, 6.45) is 0. The van der Waals surface area contributed by atoms with Crippen LogP contribution in [0.5, 0.6) is 0 Å². The summed E-state index contributed by atoms with van der Waals surface area (Å²) in [5.74, 6) is -0.0314. The van der Waals surface area contributed by atoms with Gasteiger partial charge in [-0.2, -0.15) is 0 Å². The van der Waals surface area contributed by atoms with Gasteiger partial charge in [0.25, 0.3) is 10.0 Å². The molecule has 1 N–H and O–H groups in total. The standard InChI is InChI=1S/C19H24N2O3S/c1-15(2)13-20-19(22)14-21(17-7-5-4-6-8-17)25(23,24)18-11-9-16(3)10-12-18/h4-12,15H,13-14H2,1-3H3,(H,20,22).